The fourth-order valence-corrected chi connectivity index (χ4v) is 3.40. The summed E-state index contributed by atoms with van der Waals surface area (Å²) in [7, 11) is 0. The number of likely N-dealkylation sites (tertiary alicyclic amines) is 1. The highest BCUT2D eigenvalue weighted by Crippen LogP contribution is 2.17. The monoisotopic (exact) mass is 475 g/mol. The average Bonchev–Trinajstić information content (AvgIpc) is 3.27. The van der Waals surface area contributed by atoms with E-state index in [0.29, 0.717) is 19.3 Å². The van der Waals surface area contributed by atoms with Gasteiger partial charge >= 0.3 is 5.97 Å². The number of amides is 4. The Bertz CT molecular complexity index is 708. The minimum absolute atomic E-state index is 0.104. The molecular weight excluding hydrogens is 442 g/mol. The molecule has 4 amide bonds. The summed E-state index contributed by atoms with van der Waals surface area (Å²) in [5, 5.41) is 25.5. The van der Waals surface area contributed by atoms with Crippen molar-refractivity contribution in [2.45, 2.75) is 57.3 Å². The molecule has 32 heavy (non-hydrogen) atoms. The fraction of sp³-hybridized carbons (Fsp3) is 0.737. The summed E-state index contributed by atoms with van der Waals surface area (Å²) in [5.74, 6) is -3.98. The van der Waals surface area contributed by atoms with Crippen LogP contribution in [0.3, 0.4) is 0 Å². The molecule has 7 N–H and O–H groups in total. The van der Waals surface area contributed by atoms with Crippen LogP contribution in [0.1, 0.15) is 33.1 Å². The van der Waals surface area contributed by atoms with Gasteiger partial charge in [-0.05, 0) is 18.8 Å². The molecule has 0 aromatic rings. The summed E-state index contributed by atoms with van der Waals surface area (Å²) in [6.07, 6.45) is 1.55. The van der Waals surface area contributed by atoms with Gasteiger partial charge in [-0.1, -0.05) is 20.3 Å². The minimum Gasteiger partial charge on any atom is -0.480 e. The van der Waals surface area contributed by atoms with Crippen molar-refractivity contribution in [3.05, 3.63) is 0 Å². The van der Waals surface area contributed by atoms with Crippen LogP contribution in [-0.2, 0) is 24.0 Å². The Labute approximate surface area is 192 Å². The predicted molar refractivity (Wildman–Crippen MR) is 118 cm³/mol. The van der Waals surface area contributed by atoms with Crippen LogP contribution < -0.4 is 21.7 Å². The van der Waals surface area contributed by atoms with Gasteiger partial charge in [0.15, 0.2) is 0 Å². The summed E-state index contributed by atoms with van der Waals surface area (Å²) < 4.78 is 0. The van der Waals surface area contributed by atoms with Crippen molar-refractivity contribution in [3.63, 3.8) is 0 Å². The zero-order valence-electron chi connectivity index (χ0n) is 18.2. The Kier molecular flexibility index (Phi) is 11.4. The molecule has 1 rings (SSSR count). The molecule has 0 aliphatic carbocycles. The van der Waals surface area contributed by atoms with Crippen molar-refractivity contribution >= 4 is 42.2 Å². The van der Waals surface area contributed by atoms with Crippen molar-refractivity contribution in [2.75, 3.05) is 25.4 Å². The zero-order valence-corrected chi connectivity index (χ0v) is 19.1. The third-order valence-electron chi connectivity index (χ3n) is 5.46. The lowest BCUT2D eigenvalue weighted by Gasteiger charge is -2.26. The average molecular weight is 476 g/mol. The van der Waals surface area contributed by atoms with Crippen LogP contribution in [0.5, 0.6) is 0 Å². The van der Waals surface area contributed by atoms with Crippen LogP contribution in [0.2, 0.25) is 0 Å². The first kappa shape index (κ1) is 27.7. The number of thiol groups is 1. The molecule has 182 valence electrons. The molecule has 0 saturated carbocycles. The van der Waals surface area contributed by atoms with E-state index >= 15 is 0 Å². The second kappa shape index (κ2) is 13.2. The number of carboxylic acid groups (broad SMARTS) is 1. The number of aliphatic carboxylic acids is 1. The van der Waals surface area contributed by atoms with Crippen molar-refractivity contribution < 1.29 is 34.2 Å². The predicted octanol–water partition coefficient (Wildman–Crippen LogP) is -2.56. The van der Waals surface area contributed by atoms with Crippen LogP contribution in [0.25, 0.3) is 0 Å². The third kappa shape index (κ3) is 7.64. The van der Waals surface area contributed by atoms with Gasteiger partial charge in [0.25, 0.3) is 0 Å². The topological polar surface area (TPSA) is 191 Å². The van der Waals surface area contributed by atoms with Gasteiger partial charge in [-0.25, -0.2) is 4.79 Å². The van der Waals surface area contributed by atoms with E-state index in [1.54, 1.807) is 6.92 Å². The molecule has 12 nitrogen and oxygen atoms in total. The van der Waals surface area contributed by atoms with Crippen LogP contribution in [0, 0.1) is 5.92 Å². The Morgan fingerprint density at radius 3 is 2.34 bits per heavy atom. The van der Waals surface area contributed by atoms with Crippen molar-refractivity contribution in [2.24, 2.45) is 11.7 Å². The van der Waals surface area contributed by atoms with Gasteiger partial charge in [0.1, 0.15) is 18.1 Å². The number of nitrogens with zero attached hydrogens (tertiary/aromatic N) is 1. The molecule has 1 heterocycles. The van der Waals surface area contributed by atoms with Gasteiger partial charge in [-0.3, -0.25) is 19.2 Å². The summed E-state index contributed by atoms with van der Waals surface area (Å²) in [6.45, 7) is 2.78. The molecule has 1 fully saturated rings. The molecule has 1 aliphatic rings. The van der Waals surface area contributed by atoms with E-state index in [2.05, 4.69) is 28.6 Å². The second-order valence-electron chi connectivity index (χ2n) is 7.70. The highest BCUT2D eigenvalue weighted by Gasteiger charge is 2.36. The molecule has 0 unspecified atom stereocenters. The molecule has 5 atom stereocenters. The summed E-state index contributed by atoms with van der Waals surface area (Å²) in [5.41, 5.74) is 5.82. The van der Waals surface area contributed by atoms with E-state index in [-0.39, 0.29) is 18.2 Å². The number of hydrogen-bond donors (Lipinski definition) is 7. The smallest absolute Gasteiger partial charge is 0.327 e. The normalized spacial score (nSPS) is 19.4. The van der Waals surface area contributed by atoms with Gasteiger partial charge in [0.05, 0.1) is 19.2 Å². The van der Waals surface area contributed by atoms with E-state index < -0.39 is 66.9 Å². The molecule has 0 spiro atoms. The van der Waals surface area contributed by atoms with Crippen molar-refractivity contribution in [1.82, 2.24) is 20.9 Å². The van der Waals surface area contributed by atoms with E-state index in [0.717, 1.165) is 0 Å². The maximum Gasteiger partial charge on any atom is 0.327 e. The van der Waals surface area contributed by atoms with Gasteiger partial charge in [0.2, 0.25) is 23.6 Å². The first-order chi connectivity index (χ1) is 15.1. The zero-order chi connectivity index (χ0) is 24.4. The molecule has 0 radical (unpaired) electrons. The Morgan fingerprint density at radius 1 is 1.16 bits per heavy atom. The number of nitrogens with one attached hydrogen (secondary N) is 3. The van der Waals surface area contributed by atoms with E-state index in [1.807, 2.05) is 6.92 Å². The van der Waals surface area contributed by atoms with Gasteiger partial charge in [0, 0.05) is 12.3 Å². The lowest BCUT2D eigenvalue weighted by molar-refractivity contribution is -0.143. The van der Waals surface area contributed by atoms with Crippen LogP contribution in [0.15, 0.2) is 0 Å². The lowest BCUT2D eigenvalue weighted by Crippen LogP contribution is -2.56. The SMILES string of the molecule is CC[C@H](C)[C@H](N)C(=O)N[C@@H](CO)C(=O)NCC(=O)N1CCC[C@H]1C(=O)N[C@@H](CS)C(=O)O. The minimum atomic E-state index is -1.28. The fourth-order valence-electron chi connectivity index (χ4n) is 3.15. The Balaban J connectivity index is 2.65. The molecule has 13 heteroatoms. The summed E-state index contributed by atoms with van der Waals surface area (Å²) in [4.78, 5) is 61.8. The molecule has 0 aromatic carbocycles. The highest BCUT2D eigenvalue weighted by atomic mass is 32.1. The Hall–Kier alpha value is -2.38. The Morgan fingerprint density at radius 2 is 1.81 bits per heavy atom. The lowest BCUT2D eigenvalue weighted by atomic mass is 9.99. The third-order valence-corrected chi connectivity index (χ3v) is 5.83. The van der Waals surface area contributed by atoms with Crippen LogP contribution in [0.4, 0.5) is 0 Å². The quantitative estimate of drug-likeness (QED) is 0.150. The van der Waals surface area contributed by atoms with E-state index in [4.69, 9.17) is 10.8 Å². The number of aliphatic hydroxyl groups excluding tert-OH is 1. The van der Waals surface area contributed by atoms with Crippen LogP contribution in [-0.4, -0.2) is 94.3 Å². The molecule has 0 bridgehead atoms. The number of hydrogen-bond acceptors (Lipinski definition) is 8. The van der Waals surface area contributed by atoms with Gasteiger partial charge in [-0.15, -0.1) is 0 Å². The first-order valence-electron chi connectivity index (χ1n) is 10.4. The van der Waals surface area contributed by atoms with Crippen molar-refractivity contribution in [3.8, 4) is 0 Å². The van der Waals surface area contributed by atoms with Crippen LogP contribution >= 0.6 is 12.6 Å². The molecular formula is C19H33N5O7S. The number of carbonyl (C=O) groups is 5. The second-order valence-corrected chi connectivity index (χ2v) is 8.07. The molecule has 0 aromatic heterocycles. The standard InChI is InChI=1S/C19H33N5O7S/c1-3-10(2)15(20)18(29)22-11(8-25)16(27)21-7-14(26)24-6-4-5-13(24)17(28)23-12(9-32)19(30)31/h10-13,15,25,32H,3-9,20H2,1-2H3,(H,21,27)(H,22,29)(H,23,28)(H,30,31)/t10-,11-,12-,13-,15-/m0/s1. The number of nitrogens with two attached hydrogens (primary N) is 1. The van der Waals surface area contributed by atoms with Gasteiger partial charge < -0.3 is 36.8 Å². The number of carboxylic acids is 1. The number of carbonyl (C=O) groups excluding carboxylic acids is 4. The summed E-state index contributed by atoms with van der Waals surface area (Å²) >= 11 is 3.89. The van der Waals surface area contributed by atoms with E-state index in [9.17, 15) is 29.1 Å². The van der Waals surface area contributed by atoms with Gasteiger partial charge in [-0.2, -0.15) is 12.6 Å². The number of rotatable bonds is 12. The van der Waals surface area contributed by atoms with Crippen molar-refractivity contribution in [1.29, 1.82) is 0 Å². The van der Waals surface area contributed by atoms with E-state index in [1.165, 1.54) is 4.90 Å². The largest absolute Gasteiger partial charge is 0.480 e. The number of aliphatic hydroxyl groups is 1. The summed E-state index contributed by atoms with van der Waals surface area (Å²) in [6, 6.07) is -4.17. The maximum atomic E-state index is 12.6. The maximum absolute atomic E-state index is 12.6. The highest BCUT2D eigenvalue weighted by molar-refractivity contribution is 7.80. The first-order valence-corrected chi connectivity index (χ1v) is 11.1. The molecule has 1 aliphatic heterocycles. The molecule has 1 saturated heterocycles.